The van der Waals surface area contributed by atoms with Crippen LogP contribution in [0.1, 0.15) is 45.3 Å². The third-order valence-electron chi connectivity index (χ3n) is 4.57. The van der Waals surface area contributed by atoms with Crippen molar-refractivity contribution in [2.24, 2.45) is 5.92 Å². The van der Waals surface area contributed by atoms with Crippen molar-refractivity contribution in [1.29, 1.82) is 0 Å². The van der Waals surface area contributed by atoms with Crippen LogP contribution in [-0.2, 0) is 4.79 Å². The maximum Gasteiger partial charge on any atom is 0.226 e. The van der Waals surface area contributed by atoms with Crippen molar-refractivity contribution in [2.45, 2.75) is 45.7 Å². The zero-order chi connectivity index (χ0) is 15.4. The molecule has 1 aromatic heterocycles. The van der Waals surface area contributed by atoms with Crippen LogP contribution in [0.5, 0.6) is 0 Å². The van der Waals surface area contributed by atoms with Crippen molar-refractivity contribution >= 4 is 5.91 Å². The smallest absolute Gasteiger partial charge is 0.226 e. The summed E-state index contributed by atoms with van der Waals surface area (Å²) in [6.45, 7) is 8.48. The fourth-order valence-electron chi connectivity index (χ4n) is 2.89. The van der Waals surface area contributed by atoms with E-state index in [0.717, 1.165) is 31.6 Å². The highest BCUT2D eigenvalue weighted by atomic mass is 16.2. The van der Waals surface area contributed by atoms with E-state index in [-0.39, 0.29) is 17.9 Å². The van der Waals surface area contributed by atoms with Gasteiger partial charge in [0.1, 0.15) is 6.33 Å². The molecule has 1 aliphatic heterocycles. The van der Waals surface area contributed by atoms with Gasteiger partial charge >= 0.3 is 0 Å². The summed E-state index contributed by atoms with van der Waals surface area (Å²) in [5, 5.41) is 0. The van der Waals surface area contributed by atoms with Gasteiger partial charge in [-0.2, -0.15) is 0 Å². The van der Waals surface area contributed by atoms with E-state index in [2.05, 4.69) is 28.7 Å². The minimum Gasteiger partial charge on any atom is -0.337 e. The molecule has 2 heterocycles. The zero-order valence-corrected chi connectivity index (χ0v) is 13.5. The Hall–Kier alpha value is -1.49. The lowest BCUT2D eigenvalue weighted by Gasteiger charge is -2.36. The Morgan fingerprint density at radius 1 is 1.33 bits per heavy atom. The minimum absolute atomic E-state index is 0.0105. The minimum atomic E-state index is -0.0105. The average Bonchev–Trinajstić information content (AvgIpc) is 2.53. The van der Waals surface area contributed by atoms with Crippen LogP contribution in [0.2, 0.25) is 0 Å². The molecule has 2 rings (SSSR count). The summed E-state index contributed by atoms with van der Waals surface area (Å²) in [7, 11) is 1.88. The summed E-state index contributed by atoms with van der Waals surface area (Å²) in [4.78, 5) is 25.1. The lowest BCUT2D eigenvalue weighted by atomic mass is 9.94. The van der Waals surface area contributed by atoms with Crippen LogP contribution in [-0.4, -0.2) is 51.9 Å². The van der Waals surface area contributed by atoms with E-state index >= 15 is 0 Å². The van der Waals surface area contributed by atoms with Crippen LogP contribution in [0, 0.1) is 5.92 Å². The predicted molar refractivity (Wildman–Crippen MR) is 82.7 cm³/mol. The standard InChI is InChI=1S/C16H26N4O/c1-12(2)20-9-6-14(7-10-20)16(21)19(4)13(3)15-5-8-17-11-18-15/h5,8,11-14H,6-7,9-10H2,1-4H3/t13-/m0/s1. The van der Waals surface area contributed by atoms with Crippen LogP contribution >= 0.6 is 0 Å². The third-order valence-corrected chi connectivity index (χ3v) is 4.57. The van der Waals surface area contributed by atoms with Crippen molar-refractivity contribution in [3.63, 3.8) is 0 Å². The molecule has 21 heavy (non-hydrogen) atoms. The largest absolute Gasteiger partial charge is 0.337 e. The highest BCUT2D eigenvalue weighted by Crippen LogP contribution is 2.24. The lowest BCUT2D eigenvalue weighted by molar-refractivity contribution is -0.138. The predicted octanol–water partition coefficient (Wildman–Crippen LogP) is 2.12. The molecule has 0 aromatic carbocycles. The molecule has 1 aromatic rings. The molecule has 5 nitrogen and oxygen atoms in total. The number of carbonyl (C=O) groups is 1. The van der Waals surface area contributed by atoms with Gasteiger partial charge in [0.25, 0.3) is 0 Å². The van der Waals surface area contributed by atoms with E-state index in [4.69, 9.17) is 0 Å². The first kappa shape index (κ1) is 15.9. The van der Waals surface area contributed by atoms with Gasteiger partial charge in [0.15, 0.2) is 0 Å². The molecule has 0 saturated carbocycles. The number of carbonyl (C=O) groups excluding carboxylic acids is 1. The Kier molecular flexibility index (Phi) is 5.28. The number of hydrogen-bond acceptors (Lipinski definition) is 4. The molecule has 0 radical (unpaired) electrons. The monoisotopic (exact) mass is 290 g/mol. The summed E-state index contributed by atoms with van der Waals surface area (Å²) in [6, 6.07) is 2.43. The van der Waals surface area contributed by atoms with Crippen molar-refractivity contribution < 1.29 is 4.79 Å². The number of aromatic nitrogens is 2. The fourth-order valence-corrected chi connectivity index (χ4v) is 2.89. The number of nitrogens with zero attached hydrogens (tertiary/aromatic N) is 4. The molecule has 1 saturated heterocycles. The van der Waals surface area contributed by atoms with Gasteiger partial charge in [-0.15, -0.1) is 0 Å². The van der Waals surface area contributed by atoms with E-state index in [1.54, 1.807) is 6.20 Å². The summed E-state index contributed by atoms with van der Waals surface area (Å²) < 4.78 is 0. The van der Waals surface area contributed by atoms with Crippen LogP contribution < -0.4 is 0 Å². The van der Waals surface area contributed by atoms with Crippen LogP contribution in [0.25, 0.3) is 0 Å². The number of likely N-dealkylation sites (tertiary alicyclic amines) is 1. The quantitative estimate of drug-likeness (QED) is 0.852. The van der Waals surface area contributed by atoms with Gasteiger partial charge in [-0.05, 0) is 52.8 Å². The van der Waals surface area contributed by atoms with Crippen molar-refractivity contribution in [3.05, 3.63) is 24.3 Å². The van der Waals surface area contributed by atoms with E-state index in [1.807, 2.05) is 24.9 Å². The Balaban J connectivity index is 1.94. The Morgan fingerprint density at radius 2 is 2.00 bits per heavy atom. The zero-order valence-electron chi connectivity index (χ0n) is 13.5. The van der Waals surface area contributed by atoms with E-state index in [1.165, 1.54) is 6.33 Å². The second-order valence-electron chi connectivity index (χ2n) is 6.16. The number of hydrogen-bond donors (Lipinski definition) is 0. The first-order valence-electron chi connectivity index (χ1n) is 7.77. The highest BCUT2D eigenvalue weighted by molar-refractivity contribution is 5.79. The Labute approximate surface area is 127 Å². The average molecular weight is 290 g/mol. The summed E-state index contributed by atoms with van der Waals surface area (Å²) in [5.41, 5.74) is 0.889. The molecule has 1 aliphatic rings. The maximum absolute atomic E-state index is 12.7. The van der Waals surface area contributed by atoms with Crippen molar-refractivity contribution in [1.82, 2.24) is 19.8 Å². The molecule has 5 heteroatoms. The normalized spacial score (nSPS) is 18.7. The van der Waals surface area contributed by atoms with E-state index in [9.17, 15) is 4.79 Å². The highest BCUT2D eigenvalue weighted by Gasteiger charge is 2.30. The summed E-state index contributed by atoms with van der Waals surface area (Å²) in [6.07, 6.45) is 5.17. The summed E-state index contributed by atoms with van der Waals surface area (Å²) in [5.74, 6) is 0.388. The van der Waals surface area contributed by atoms with E-state index in [0.29, 0.717) is 6.04 Å². The van der Waals surface area contributed by atoms with Crippen LogP contribution in [0.15, 0.2) is 18.6 Å². The number of rotatable bonds is 4. The molecule has 0 bridgehead atoms. The lowest BCUT2D eigenvalue weighted by Crippen LogP contribution is -2.44. The molecule has 1 fully saturated rings. The number of piperidine rings is 1. The van der Waals surface area contributed by atoms with Crippen molar-refractivity contribution in [3.8, 4) is 0 Å². The van der Waals surface area contributed by atoms with Crippen LogP contribution in [0.4, 0.5) is 0 Å². The molecule has 0 spiro atoms. The Bertz CT molecular complexity index is 455. The van der Waals surface area contributed by atoms with Gasteiger partial charge in [0.05, 0.1) is 11.7 Å². The fraction of sp³-hybridized carbons (Fsp3) is 0.688. The Morgan fingerprint density at radius 3 is 2.52 bits per heavy atom. The van der Waals surface area contributed by atoms with Gasteiger partial charge in [-0.1, -0.05) is 0 Å². The van der Waals surface area contributed by atoms with Gasteiger partial charge in [-0.3, -0.25) is 4.79 Å². The molecule has 0 aliphatic carbocycles. The molecule has 1 atom stereocenters. The topological polar surface area (TPSA) is 49.3 Å². The second-order valence-corrected chi connectivity index (χ2v) is 6.16. The van der Waals surface area contributed by atoms with E-state index < -0.39 is 0 Å². The summed E-state index contributed by atoms with van der Waals surface area (Å²) >= 11 is 0. The molecule has 0 N–H and O–H groups in total. The molecule has 1 amide bonds. The third kappa shape index (κ3) is 3.79. The van der Waals surface area contributed by atoms with Gasteiger partial charge < -0.3 is 9.80 Å². The van der Waals surface area contributed by atoms with Gasteiger partial charge in [0.2, 0.25) is 5.91 Å². The second kappa shape index (κ2) is 6.98. The number of amides is 1. The molecule has 116 valence electrons. The molecule has 0 unspecified atom stereocenters. The first-order valence-corrected chi connectivity index (χ1v) is 7.77. The first-order chi connectivity index (χ1) is 10.0. The molecular weight excluding hydrogens is 264 g/mol. The van der Waals surface area contributed by atoms with Crippen LogP contribution in [0.3, 0.4) is 0 Å². The van der Waals surface area contributed by atoms with Gasteiger partial charge in [-0.25, -0.2) is 9.97 Å². The van der Waals surface area contributed by atoms with Gasteiger partial charge in [0, 0.05) is 25.2 Å². The molecular formula is C16H26N4O. The van der Waals surface area contributed by atoms with Crippen molar-refractivity contribution in [2.75, 3.05) is 20.1 Å². The maximum atomic E-state index is 12.7. The SMILES string of the molecule is CC(C)N1CCC(C(=O)N(C)[C@@H](C)c2ccncn2)CC1.